The molecule has 1 aromatic carbocycles. The van der Waals surface area contributed by atoms with E-state index in [-0.39, 0.29) is 38.2 Å². The van der Waals surface area contributed by atoms with E-state index in [9.17, 15) is 4.79 Å². The van der Waals surface area contributed by atoms with Gasteiger partial charge in [-0.25, -0.2) is 0 Å². The maximum atomic E-state index is 11.1. The van der Waals surface area contributed by atoms with E-state index in [1.54, 1.807) is 6.92 Å². The molecule has 0 spiro atoms. The number of carbonyl (C=O) groups is 1. The molecule has 0 aliphatic rings. The average molecular weight is 302 g/mol. The fourth-order valence-corrected chi connectivity index (χ4v) is 1.83. The number of ketones is 1. The summed E-state index contributed by atoms with van der Waals surface area (Å²) in [5.74, 6) is 0.0749. The number of hydrogen-bond donors (Lipinski definition) is 0. The summed E-state index contributed by atoms with van der Waals surface area (Å²) in [6.45, 7) is 1.63. The van der Waals surface area contributed by atoms with Crippen LogP contribution in [-0.2, 0) is 4.79 Å². The molecule has 0 amide bonds. The standard InChI is InChI=1S/C10H8Cl4O2/c1-2-5(15)4-16-10-8(13)6(11)3-7(12)9(10)14/h3H,2,4H2,1H3. The third kappa shape index (κ3) is 3.17. The molecule has 0 aliphatic carbocycles. The van der Waals surface area contributed by atoms with Crippen LogP contribution in [-0.4, -0.2) is 12.4 Å². The number of rotatable bonds is 4. The Hall–Kier alpha value is -0.150. The summed E-state index contributed by atoms with van der Waals surface area (Å²) in [5.41, 5.74) is 0. The predicted octanol–water partition coefficient (Wildman–Crippen LogP) is 4.66. The van der Waals surface area contributed by atoms with E-state index in [2.05, 4.69) is 0 Å². The first-order chi connectivity index (χ1) is 7.47. The molecule has 2 nitrogen and oxygen atoms in total. The van der Waals surface area contributed by atoms with Crippen molar-refractivity contribution in [2.24, 2.45) is 0 Å². The van der Waals surface area contributed by atoms with Crippen LogP contribution < -0.4 is 4.74 Å². The Morgan fingerprint density at radius 1 is 1.19 bits per heavy atom. The van der Waals surface area contributed by atoms with Gasteiger partial charge >= 0.3 is 0 Å². The second-order valence-corrected chi connectivity index (χ2v) is 4.55. The lowest BCUT2D eigenvalue weighted by Crippen LogP contribution is -2.10. The second-order valence-electron chi connectivity index (χ2n) is 2.98. The number of hydrogen-bond acceptors (Lipinski definition) is 2. The van der Waals surface area contributed by atoms with Gasteiger partial charge in [-0.2, -0.15) is 0 Å². The van der Waals surface area contributed by atoms with Gasteiger partial charge in [-0.05, 0) is 6.07 Å². The van der Waals surface area contributed by atoms with E-state index < -0.39 is 0 Å². The normalized spacial score (nSPS) is 10.3. The van der Waals surface area contributed by atoms with Crippen LogP contribution in [0.4, 0.5) is 0 Å². The van der Waals surface area contributed by atoms with E-state index in [0.717, 1.165) is 0 Å². The Morgan fingerprint density at radius 2 is 1.69 bits per heavy atom. The summed E-state index contributed by atoms with van der Waals surface area (Å²) in [7, 11) is 0. The van der Waals surface area contributed by atoms with Crippen LogP contribution in [0.2, 0.25) is 20.1 Å². The molecule has 6 heteroatoms. The molecule has 0 heterocycles. The average Bonchev–Trinajstić information content (AvgIpc) is 2.26. The van der Waals surface area contributed by atoms with Gasteiger partial charge in [0.2, 0.25) is 0 Å². The van der Waals surface area contributed by atoms with Crippen molar-refractivity contribution in [1.29, 1.82) is 0 Å². The molecule has 16 heavy (non-hydrogen) atoms. The molecule has 0 saturated heterocycles. The van der Waals surface area contributed by atoms with Crippen LogP contribution >= 0.6 is 46.4 Å². The molecule has 0 radical (unpaired) electrons. The first kappa shape index (κ1) is 13.9. The van der Waals surface area contributed by atoms with Gasteiger partial charge in [-0.3, -0.25) is 4.79 Å². The lowest BCUT2D eigenvalue weighted by Gasteiger charge is -2.11. The summed E-state index contributed by atoms with van der Waals surface area (Å²) in [6.07, 6.45) is 0.379. The molecule has 1 rings (SSSR count). The van der Waals surface area contributed by atoms with Crippen LogP contribution in [0.5, 0.6) is 5.75 Å². The Labute approximate surface area is 113 Å². The molecule has 0 bridgehead atoms. The second kappa shape index (κ2) is 5.97. The predicted molar refractivity (Wildman–Crippen MR) is 67.3 cm³/mol. The van der Waals surface area contributed by atoms with Crippen LogP contribution in [0, 0.1) is 0 Å². The largest absolute Gasteiger partial charge is 0.483 e. The molecule has 0 aromatic heterocycles. The van der Waals surface area contributed by atoms with Gasteiger partial charge in [-0.15, -0.1) is 0 Å². The summed E-state index contributed by atoms with van der Waals surface area (Å²) in [5, 5.41) is 0.768. The zero-order valence-corrected chi connectivity index (χ0v) is 11.3. The Morgan fingerprint density at radius 3 is 2.12 bits per heavy atom. The molecular formula is C10H8Cl4O2. The van der Waals surface area contributed by atoms with E-state index in [1.165, 1.54) is 6.07 Å². The van der Waals surface area contributed by atoms with Gasteiger partial charge in [0.05, 0.1) is 10.0 Å². The fourth-order valence-electron chi connectivity index (χ4n) is 0.933. The maximum absolute atomic E-state index is 11.1. The number of halogens is 4. The summed E-state index contributed by atoms with van der Waals surface area (Å²) in [4.78, 5) is 11.1. The van der Waals surface area contributed by atoms with E-state index in [1.807, 2.05) is 0 Å². The van der Waals surface area contributed by atoms with Crippen molar-refractivity contribution in [3.63, 3.8) is 0 Å². The van der Waals surface area contributed by atoms with Gasteiger partial charge in [0, 0.05) is 6.42 Å². The number of Topliss-reactive ketones (excluding diaryl/α,β-unsaturated/α-hetero) is 1. The van der Waals surface area contributed by atoms with Crippen molar-refractivity contribution < 1.29 is 9.53 Å². The van der Waals surface area contributed by atoms with Crippen molar-refractivity contribution >= 4 is 52.2 Å². The van der Waals surface area contributed by atoms with Gasteiger partial charge in [0.1, 0.15) is 16.7 Å². The summed E-state index contributed by atoms with van der Waals surface area (Å²) in [6, 6.07) is 1.42. The topological polar surface area (TPSA) is 26.3 Å². The molecule has 88 valence electrons. The fraction of sp³-hybridized carbons (Fsp3) is 0.300. The van der Waals surface area contributed by atoms with E-state index in [4.69, 9.17) is 51.1 Å². The van der Waals surface area contributed by atoms with Crippen LogP contribution in [0.3, 0.4) is 0 Å². The zero-order valence-electron chi connectivity index (χ0n) is 8.32. The van der Waals surface area contributed by atoms with Crippen LogP contribution in [0.15, 0.2) is 6.07 Å². The lowest BCUT2D eigenvalue weighted by atomic mass is 10.3. The third-order valence-electron chi connectivity index (χ3n) is 1.84. The highest BCUT2D eigenvalue weighted by Crippen LogP contribution is 2.42. The van der Waals surface area contributed by atoms with Gasteiger partial charge in [0.25, 0.3) is 0 Å². The molecule has 0 atom stereocenters. The molecule has 0 saturated carbocycles. The highest BCUT2D eigenvalue weighted by atomic mass is 35.5. The minimum absolute atomic E-state index is 0.0665. The Kier molecular flexibility index (Phi) is 5.19. The van der Waals surface area contributed by atoms with Crippen LogP contribution in [0.1, 0.15) is 13.3 Å². The van der Waals surface area contributed by atoms with Gasteiger partial charge in [-0.1, -0.05) is 53.3 Å². The Bertz CT molecular complexity index is 392. The summed E-state index contributed by atoms with van der Waals surface area (Å²) < 4.78 is 5.20. The molecule has 0 unspecified atom stereocenters. The number of carbonyl (C=O) groups excluding carboxylic acids is 1. The molecule has 0 aliphatic heterocycles. The number of ether oxygens (including phenoxy) is 1. The van der Waals surface area contributed by atoms with E-state index >= 15 is 0 Å². The van der Waals surface area contributed by atoms with Crippen molar-refractivity contribution in [2.75, 3.05) is 6.61 Å². The molecular weight excluding hydrogens is 294 g/mol. The molecule has 0 fully saturated rings. The number of benzene rings is 1. The van der Waals surface area contributed by atoms with Crippen molar-refractivity contribution in [3.05, 3.63) is 26.2 Å². The van der Waals surface area contributed by atoms with E-state index in [0.29, 0.717) is 6.42 Å². The van der Waals surface area contributed by atoms with Crippen molar-refractivity contribution in [1.82, 2.24) is 0 Å². The van der Waals surface area contributed by atoms with Gasteiger partial charge in [0.15, 0.2) is 11.5 Å². The smallest absolute Gasteiger partial charge is 0.169 e. The Balaban J connectivity index is 2.99. The molecule has 1 aromatic rings. The maximum Gasteiger partial charge on any atom is 0.169 e. The minimum Gasteiger partial charge on any atom is -0.483 e. The zero-order chi connectivity index (χ0) is 12.3. The van der Waals surface area contributed by atoms with Crippen LogP contribution in [0.25, 0.3) is 0 Å². The first-order valence-electron chi connectivity index (χ1n) is 4.44. The quantitative estimate of drug-likeness (QED) is 0.756. The minimum atomic E-state index is -0.105. The molecule has 0 N–H and O–H groups in total. The highest BCUT2D eigenvalue weighted by molar-refractivity contribution is 6.48. The monoisotopic (exact) mass is 300 g/mol. The third-order valence-corrected chi connectivity index (χ3v) is 3.38. The van der Waals surface area contributed by atoms with Crippen molar-refractivity contribution in [2.45, 2.75) is 13.3 Å². The first-order valence-corrected chi connectivity index (χ1v) is 5.96. The summed E-state index contributed by atoms with van der Waals surface area (Å²) >= 11 is 23.4. The lowest BCUT2D eigenvalue weighted by molar-refractivity contribution is -0.120. The highest BCUT2D eigenvalue weighted by Gasteiger charge is 2.16. The SMILES string of the molecule is CCC(=O)COc1c(Cl)c(Cl)cc(Cl)c1Cl. The van der Waals surface area contributed by atoms with Gasteiger partial charge < -0.3 is 4.74 Å². The van der Waals surface area contributed by atoms with Crippen molar-refractivity contribution in [3.8, 4) is 5.75 Å².